The highest BCUT2D eigenvalue weighted by Gasteiger charge is 2.25. The molecule has 5 nitrogen and oxygen atoms in total. The molecule has 0 saturated heterocycles. The van der Waals surface area contributed by atoms with Crippen molar-refractivity contribution < 1.29 is 9.53 Å². The van der Waals surface area contributed by atoms with Crippen molar-refractivity contribution in [3.05, 3.63) is 80.5 Å². The third-order valence-corrected chi connectivity index (χ3v) is 6.73. The number of fused-ring (bicyclic) bond motifs is 1. The molecule has 0 radical (unpaired) electrons. The summed E-state index contributed by atoms with van der Waals surface area (Å²) in [6, 6.07) is 12.4. The zero-order valence-corrected chi connectivity index (χ0v) is 19.5. The second kappa shape index (κ2) is 8.89. The van der Waals surface area contributed by atoms with Gasteiger partial charge in [-0.25, -0.2) is 4.98 Å². The Bertz CT molecular complexity index is 1230. The first kappa shape index (κ1) is 21.1. The van der Waals surface area contributed by atoms with Gasteiger partial charge in [0.2, 0.25) is 0 Å². The molecule has 4 aromatic rings. The summed E-state index contributed by atoms with van der Waals surface area (Å²) in [5.41, 5.74) is 1.83. The van der Waals surface area contributed by atoms with Gasteiger partial charge in [0.25, 0.3) is 5.91 Å². The predicted octanol–water partition coefficient (Wildman–Crippen LogP) is 6.62. The zero-order valence-electron chi connectivity index (χ0n) is 15.6. The molecule has 0 aliphatic carbocycles. The molecule has 152 valence electrons. The van der Waals surface area contributed by atoms with Gasteiger partial charge in [0.1, 0.15) is 11.3 Å². The van der Waals surface area contributed by atoms with Crippen LogP contribution in [0.2, 0.25) is 10.0 Å². The van der Waals surface area contributed by atoms with Crippen molar-refractivity contribution in [1.82, 2.24) is 9.97 Å². The summed E-state index contributed by atoms with van der Waals surface area (Å²) in [5.74, 6) is 0.311. The van der Waals surface area contributed by atoms with E-state index in [1.807, 2.05) is 12.1 Å². The minimum absolute atomic E-state index is 0.273. The van der Waals surface area contributed by atoms with E-state index in [1.165, 1.54) is 11.3 Å². The molecule has 0 atom stereocenters. The van der Waals surface area contributed by atoms with E-state index in [0.717, 1.165) is 14.7 Å². The molecule has 2 heterocycles. The van der Waals surface area contributed by atoms with E-state index in [-0.39, 0.29) is 12.5 Å². The van der Waals surface area contributed by atoms with Gasteiger partial charge >= 0.3 is 0 Å². The van der Waals surface area contributed by atoms with Crippen LogP contribution in [0.5, 0.6) is 5.75 Å². The Hall–Kier alpha value is -2.19. The van der Waals surface area contributed by atoms with Crippen molar-refractivity contribution in [2.24, 2.45) is 0 Å². The van der Waals surface area contributed by atoms with Gasteiger partial charge in [0, 0.05) is 16.9 Å². The summed E-state index contributed by atoms with van der Waals surface area (Å²) >= 11 is 17.4. The van der Waals surface area contributed by atoms with Crippen LogP contribution < -0.4 is 9.64 Å². The second-order valence-electron chi connectivity index (χ2n) is 6.30. The number of carbonyl (C=O) groups excluding carboxylic acids is 1. The van der Waals surface area contributed by atoms with Crippen LogP contribution in [0.15, 0.2) is 59.3 Å². The normalized spacial score (nSPS) is 10.9. The fourth-order valence-electron chi connectivity index (χ4n) is 2.93. The van der Waals surface area contributed by atoms with E-state index < -0.39 is 0 Å². The van der Waals surface area contributed by atoms with E-state index in [2.05, 4.69) is 25.9 Å². The van der Waals surface area contributed by atoms with Gasteiger partial charge < -0.3 is 4.74 Å². The van der Waals surface area contributed by atoms with Crippen LogP contribution in [0.25, 0.3) is 10.2 Å². The molecule has 30 heavy (non-hydrogen) atoms. The standard InChI is InChI=1S/C21H14BrCl2N3O2S/c1-29-17-7-6-16(24)19-18(17)26-21(30-19)27(11-12-3-2-8-25-10-12)20(28)14-9-13(22)4-5-15(14)23/h2-10H,11H2,1H3. The van der Waals surface area contributed by atoms with Crippen molar-refractivity contribution in [2.45, 2.75) is 6.54 Å². The number of methoxy groups -OCH3 is 1. The lowest BCUT2D eigenvalue weighted by molar-refractivity contribution is 0.0985. The monoisotopic (exact) mass is 521 g/mol. The second-order valence-corrected chi connectivity index (χ2v) is 9.01. The Kier molecular flexibility index (Phi) is 6.24. The van der Waals surface area contributed by atoms with E-state index in [4.69, 9.17) is 27.9 Å². The highest BCUT2D eigenvalue weighted by atomic mass is 79.9. The molecule has 9 heteroatoms. The summed E-state index contributed by atoms with van der Waals surface area (Å²) in [6.45, 7) is 0.273. The van der Waals surface area contributed by atoms with Gasteiger partial charge in [-0.1, -0.05) is 56.5 Å². The molecule has 0 aliphatic heterocycles. The molecule has 0 bridgehead atoms. The van der Waals surface area contributed by atoms with Crippen LogP contribution >= 0.6 is 50.5 Å². The maximum absolute atomic E-state index is 13.5. The van der Waals surface area contributed by atoms with Gasteiger partial charge in [0.15, 0.2) is 5.13 Å². The van der Waals surface area contributed by atoms with E-state index in [1.54, 1.807) is 54.7 Å². The van der Waals surface area contributed by atoms with Crippen molar-refractivity contribution in [3.63, 3.8) is 0 Å². The highest BCUT2D eigenvalue weighted by Crippen LogP contribution is 2.39. The van der Waals surface area contributed by atoms with Crippen LogP contribution in [0, 0.1) is 0 Å². The molecular weight excluding hydrogens is 509 g/mol. The van der Waals surface area contributed by atoms with E-state index in [0.29, 0.717) is 32.0 Å². The molecule has 0 aliphatic rings. The number of pyridine rings is 1. The smallest absolute Gasteiger partial charge is 0.261 e. The molecule has 0 spiro atoms. The Balaban J connectivity index is 1.85. The lowest BCUT2D eigenvalue weighted by Crippen LogP contribution is -2.30. The number of carbonyl (C=O) groups is 1. The van der Waals surface area contributed by atoms with Crippen molar-refractivity contribution in [2.75, 3.05) is 12.0 Å². The summed E-state index contributed by atoms with van der Waals surface area (Å²) < 4.78 is 6.92. The Labute approximate surface area is 195 Å². The summed E-state index contributed by atoms with van der Waals surface area (Å²) in [5, 5.41) is 1.39. The SMILES string of the molecule is COc1ccc(Cl)c2sc(N(Cc3cccnc3)C(=O)c3cc(Br)ccc3Cl)nc12. The Morgan fingerprint density at radius 2 is 2.00 bits per heavy atom. The summed E-state index contributed by atoms with van der Waals surface area (Å²) in [7, 11) is 1.57. The number of rotatable bonds is 5. The molecular formula is C21H14BrCl2N3O2S. The third-order valence-electron chi connectivity index (χ3n) is 4.37. The Morgan fingerprint density at radius 3 is 2.73 bits per heavy atom. The van der Waals surface area contributed by atoms with Crippen molar-refractivity contribution >= 4 is 71.7 Å². The summed E-state index contributed by atoms with van der Waals surface area (Å²) in [4.78, 5) is 23.9. The lowest BCUT2D eigenvalue weighted by Gasteiger charge is -2.20. The van der Waals surface area contributed by atoms with Crippen LogP contribution in [0.1, 0.15) is 15.9 Å². The van der Waals surface area contributed by atoms with Gasteiger partial charge in [-0.3, -0.25) is 14.7 Å². The minimum Gasteiger partial charge on any atom is -0.494 e. The lowest BCUT2D eigenvalue weighted by atomic mass is 10.2. The first-order valence-corrected chi connectivity index (χ1v) is 11.1. The van der Waals surface area contributed by atoms with Gasteiger partial charge in [-0.2, -0.15) is 0 Å². The predicted molar refractivity (Wildman–Crippen MR) is 125 cm³/mol. The maximum Gasteiger partial charge on any atom is 0.261 e. The molecule has 1 amide bonds. The van der Waals surface area contributed by atoms with Crippen LogP contribution in [-0.2, 0) is 6.54 Å². The van der Waals surface area contributed by atoms with E-state index >= 15 is 0 Å². The van der Waals surface area contributed by atoms with Gasteiger partial charge in [-0.05, 0) is 42.0 Å². The molecule has 0 unspecified atom stereocenters. The Morgan fingerprint density at radius 1 is 1.20 bits per heavy atom. The molecule has 0 N–H and O–H groups in total. The first-order valence-electron chi connectivity index (χ1n) is 8.77. The molecule has 2 aromatic carbocycles. The number of benzene rings is 2. The molecule has 4 rings (SSSR count). The average molecular weight is 523 g/mol. The number of nitrogens with zero attached hydrogens (tertiary/aromatic N) is 3. The quantitative estimate of drug-likeness (QED) is 0.295. The highest BCUT2D eigenvalue weighted by molar-refractivity contribution is 9.10. The number of ether oxygens (including phenoxy) is 1. The number of halogens is 3. The number of aromatic nitrogens is 2. The average Bonchev–Trinajstić information content (AvgIpc) is 3.20. The number of hydrogen-bond acceptors (Lipinski definition) is 5. The maximum atomic E-state index is 13.5. The number of hydrogen-bond donors (Lipinski definition) is 0. The van der Waals surface area contributed by atoms with Crippen molar-refractivity contribution in [1.29, 1.82) is 0 Å². The number of anilines is 1. The topological polar surface area (TPSA) is 55.3 Å². The third kappa shape index (κ3) is 4.16. The fraction of sp³-hybridized carbons (Fsp3) is 0.0952. The van der Waals surface area contributed by atoms with E-state index in [9.17, 15) is 4.79 Å². The number of thiazole rings is 1. The molecule has 0 saturated carbocycles. The van der Waals surface area contributed by atoms with Crippen LogP contribution in [-0.4, -0.2) is 23.0 Å². The van der Waals surface area contributed by atoms with Crippen LogP contribution in [0.3, 0.4) is 0 Å². The fourth-order valence-corrected chi connectivity index (χ4v) is 4.74. The minimum atomic E-state index is -0.278. The van der Waals surface area contributed by atoms with Gasteiger partial charge in [0.05, 0.1) is 34.0 Å². The number of amides is 1. The van der Waals surface area contributed by atoms with Crippen molar-refractivity contribution in [3.8, 4) is 5.75 Å². The largest absolute Gasteiger partial charge is 0.494 e. The zero-order chi connectivity index (χ0) is 21.3. The molecule has 0 fully saturated rings. The summed E-state index contributed by atoms with van der Waals surface area (Å²) in [6.07, 6.45) is 3.40. The van der Waals surface area contributed by atoms with Gasteiger partial charge in [-0.15, -0.1) is 0 Å². The van der Waals surface area contributed by atoms with Crippen LogP contribution in [0.4, 0.5) is 5.13 Å². The first-order chi connectivity index (χ1) is 14.5. The molecule has 2 aromatic heterocycles.